The van der Waals surface area contributed by atoms with E-state index in [0.29, 0.717) is 0 Å². The average molecular weight is 294 g/mol. The van der Waals surface area contributed by atoms with Crippen molar-refractivity contribution in [2.45, 2.75) is 44.3 Å². The minimum atomic E-state index is 0.121. The van der Waals surface area contributed by atoms with Gasteiger partial charge in [-0.15, -0.1) is 0 Å². The fourth-order valence-electron chi connectivity index (χ4n) is 4.70. The van der Waals surface area contributed by atoms with Crippen LogP contribution >= 0.6 is 0 Å². The fourth-order valence-corrected chi connectivity index (χ4v) is 4.70. The molecule has 120 valence electrons. The van der Waals surface area contributed by atoms with E-state index in [2.05, 4.69) is 30.7 Å². The molecule has 1 unspecified atom stereocenters. The second kappa shape index (κ2) is 6.10. The first-order chi connectivity index (χ1) is 10.4. The number of piperidine rings is 1. The Balaban J connectivity index is 1.66. The van der Waals surface area contributed by atoms with E-state index in [0.717, 1.165) is 26.3 Å². The number of rotatable bonds is 3. The molecule has 0 aliphatic carbocycles. The van der Waals surface area contributed by atoms with Gasteiger partial charge in [-0.25, -0.2) is 5.43 Å². The summed E-state index contributed by atoms with van der Waals surface area (Å²) in [5.41, 5.74) is 3.61. The van der Waals surface area contributed by atoms with Crippen LogP contribution in [0.15, 0.2) is 0 Å². The Morgan fingerprint density at radius 2 is 1.57 bits per heavy atom. The van der Waals surface area contributed by atoms with Crippen LogP contribution in [0.1, 0.15) is 38.5 Å². The minimum Gasteiger partial charge on any atom is -0.303 e. The monoisotopic (exact) mass is 294 g/mol. The van der Waals surface area contributed by atoms with E-state index in [1.165, 1.54) is 64.7 Å². The van der Waals surface area contributed by atoms with Crippen molar-refractivity contribution in [1.29, 1.82) is 0 Å². The van der Waals surface area contributed by atoms with Gasteiger partial charge in [0.15, 0.2) is 0 Å². The molecule has 0 spiro atoms. The number of hydrogen-bond acceptors (Lipinski definition) is 6. The van der Waals surface area contributed by atoms with Crippen LogP contribution in [0.4, 0.5) is 0 Å². The van der Waals surface area contributed by atoms with Crippen LogP contribution in [0.5, 0.6) is 0 Å². The largest absolute Gasteiger partial charge is 0.303 e. The molecule has 4 saturated heterocycles. The van der Waals surface area contributed by atoms with Crippen LogP contribution in [-0.4, -0.2) is 78.2 Å². The predicted octanol–water partition coefficient (Wildman–Crippen LogP) is 0.210. The van der Waals surface area contributed by atoms with Crippen molar-refractivity contribution in [1.82, 2.24) is 30.7 Å². The third-order valence-electron chi connectivity index (χ3n) is 5.66. The molecule has 6 heteroatoms. The van der Waals surface area contributed by atoms with E-state index in [1.807, 2.05) is 0 Å². The van der Waals surface area contributed by atoms with Crippen LogP contribution in [-0.2, 0) is 0 Å². The molecule has 21 heavy (non-hydrogen) atoms. The number of nitrogens with one attached hydrogen (secondary N) is 2. The molecular formula is C15H30N6. The molecule has 0 amide bonds. The Hall–Kier alpha value is -0.240. The van der Waals surface area contributed by atoms with E-state index in [1.54, 1.807) is 0 Å². The van der Waals surface area contributed by atoms with Gasteiger partial charge < -0.3 is 5.32 Å². The molecule has 0 radical (unpaired) electrons. The number of likely N-dealkylation sites (tertiary alicyclic amines) is 1. The van der Waals surface area contributed by atoms with Crippen LogP contribution in [0.2, 0.25) is 0 Å². The lowest BCUT2D eigenvalue weighted by molar-refractivity contribution is -0.264. The second-order valence-electron chi connectivity index (χ2n) is 6.86. The third-order valence-corrected chi connectivity index (χ3v) is 5.66. The average Bonchev–Trinajstić information content (AvgIpc) is 3.29. The second-order valence-corrected chi connectivity index (χ2v) is 6.86. The van der Waals surface area contributed by atoms with E-state index < -0.39 is 0 Å². The van der Waals surface area contributed by atoms with Gasteiger partial charge in [-0.1, -0.05) is 0 Å². The maximum absolute atomic E-state index is 3.61. The summed E-state index contributed by atoms with van der Waals surface area (Å²) in [4.78, 5) is 5.48. The zero-order chi connectivity index (χ0) is 14.1. The van der Waals surface area contributed by atoms with Gasteiger partial charge in [0, 0.05) is 45.8 Å². The summed E-state index contributed by atoms with van der Waals surface area (Å²) < 4.78 is 0. The van der Waals surface area contributed by atoms with E-state index in [9.17, 15) is 0 Å². The molecule has 2 N–H and O–H groups in total. The zero-order valence-corrected chi connectivity index (χ0v) is 13.2. The Bertz CT molecular complexity index is 328. The SMILES string of the molecule is C1CNN(N2CCCCC2(N2CCCC2)N2CCNC2)C1. The highest BCUT2D eigenvalue weighted by Gasteiger charge is 2.52. The summed E-state index contributed by atoms with van der Waals surface area (Å²) in [6, 6.07) is 0. The molecule has 0 bridgehead atoms. The summed E-state index contributed by atoms with van der Waals surface area (Å²) in [6.45, 7) is 9.38. The molecule has 0 saturated carbocycles. The van der Waals surface area contributed by atoms with Gasteiger partial charge in [-0.05, 0) is 38.5 Å². The lowest BCUT2D eigenvalue weighted by Gasteiger charge is -2.58. The van der Waals surface area contributed by atoms with Gasteiger partial charge >= 0.3 is 0 Å². The molecule has 4 aliphatic heterocycles. The Labute approximate surface area is 128 Å². The molecule has 0 aromatic heterocycles. The van der Waals surface area contributed by atoms with Crippen LogP contribution in [0.25, 0.3) is 0 Å². The van der Waals surface area contributed by atoms with Gasteiger partial charge in [0.2, 0.25) is 0 Å². The Kier molecular flexibility index (Phi) is 4.17. The quantitative estimate of drug-likeness (QED) is 0.775. The third kappa shape index (κ3) is 2.42. The van der Waals surface area contributed by atoms with Gasteiger partial charge in [-0.2, -0.15) is 10.1 Å². The zero-order valence-electron chi connectivity index (χ0n) is 13.2. The van der Waals surface area contributed by atoms with Gasteiger partial charge in [0.1, 0.15) is 5.79 Å². The summed E-state index contributed by atoms with van der Waals surface area (Å²) in [5.74, 6) is 0.121. The normalized spacial score (nSPS) is 37.7. The Morgan fingerprint density at radius 1 is 0.714 bits per heavy atom. The highest BCUT2D eigenvalue weighted by Crippen LogP contribution is 2.38. The smallest absolute Gasteiger partial charge is 0.146 e. The molecule has 4 rings (SSSR count). The summed E-state index contributed by atoms with van der Waals surface area (Å²) >= 11 is 0. The summed E-state index contributed by atoms with van der Waals surface area (Å²) in [6.07, 6.45) is 7.97. The van der Waals surface area contributed by atoms with E-state index in [-0.39, 0.29) is 5.79 Å². The van der Waals surface area contributed by atoms with Crippen molar-refractivity contribution in [2.75, 3.05) is 52.5 Å². The predicted molar refractivity (Wildman–Crippen MR) is 83.0 cm³/mol. The lowest BCUT2D eigenvalue weighted by atomic mass is 10.0. The first-order valence-electron chi connectivity index (χ1n) is 8.91. The molecule has 4 fully saturated rings. The van der Waals surface area contributed by atoms with Crippen molar-refractivity contribution >= 4 is 0 Å². The highest BCUT2D eigenvalue weighted by molar-refractivity contribution is 4.96. The van der Waals surface area contributed by atoms with Crippen molar-refractivity contribution < 1.29 is 0 Å². The number of hydrazine groups is 2. The van der Waals surface area contributed by atoms with E-state index >= 15 is 0 Å². The maximum atomic E-state index is 3.61. The van der Waals surface area contributed by atoms with Crippen molar-refractivity contribution in [3.05, 3.63) is 0 Å². The number of hydrogen-bond donors (Lipinski definition) is 2. The summed E-state index contributed by atoms with van der Waals surface area (Å²) in [7, 11) is 0. The van der Waals surface area contributed by atoms with Crippen molar-refractivity contribution in [3.63, 3.8) is 0 Å². The topological polar surface area (TPSA) is 37.0 Å². The van der Waals surface area contributed by atoms with Gasteiger partial charge in [-0.3, -0.25) is 9.80 Å². The maximum Gasteiger partial charge on any atom is 0.146 e. The standard InChI is InChI=1S/C15H30N6/c1-2-11-20(21-12-5-7-17-21)15(6-1,18-9-3-4-10-18)19-13-8-16-14-19/h16-17H,1-14H2. The molecule has 4 aliphatic rings. The molecule has 0 aromatic carbocycles. The highest BCUT2D eigenvalue weighted by atomic mass is 15.9. The van der Waals surface area contributed by atoms with Crippen LogP contribution in [0.3, 0.4) is 0 Å². The van der Waals surface area contributed by atoms with Gasteiger partial charge in [0.25, 0.3) is 0 Å². The van der Waals surface area contributed by atoms with Crippen molar-refractivity contribution in [3.8, 4) is 0 Å². The minimum absolute atomic E-state index is 0.121. The van der Waals surface area contributed by atoms with Crippen LogP contribution < -0.4 is 10.7 Å². The molecule has 6 nitrogen and oxygen atoms in total. The van der Waals surface area contributed by atoms with Crippen LogP contribution in [0, 0.1) is 0 Å². The first-order valence-corrected chi connectivity index (χ1v) is 8.91. The lowest BCUT2D eigenvalue weighted by Crippen LogP contribution is -2.74. The summed E-state index contributed by atoms with van der Waals surface area (Å²) in [5, 5.41) is 8.69. The molecule has 0 aromatic rings. The molecular weight excluding hydrogens is 264 g/mol. The fraction of sp³-hybridized carbons (Fsp3) is 1.00. The van der Waals surface area contributed by atoms with E-state index in [4.69, 9.17) is 0 Å². The Morgan fingerprint density at radius 3 is 2.29 bits per heavy atom. The van der Waals surface area contributed by atoms with Gasteiger partial charge in [0.05, 0.1) is 6.67 Å². The van der Waals surface area contributed by atoms with Crippen molar-refractivity contribution in [2.24, 2.45) is 0 Å². The number of nitrogens with zero attached hydrogens (tertiary/aromatic N) is 4. The molecule has 4 heterocycles. The first kappa shape index (κ1) is 14.4. The molecule has 1 atom stereocenters.